The van der Waals surface area contributed by atoms with Crippen molar-refractivity contribution in [2.45, 2.75) is 5.92 Å². The maximum absolute atomic E-state index is 12.7. The zero-order valence-corrected chi connectivity index (χ0v) is 8.04. The Labute approximate surface area is 83.3 Å². The van der Waals surface area contributed by atoms with Crippen LogP contribution >= 0.6 is 0 Å². The average Bonchev–Trinajstić information content (AvgIpc) is 2.67. The maximum atomic E-state index is 12.7. The standard InChI is InChI=1S/C11H15FN2/c12-10-3-1-8(2-4-10)11-7-14-6-9(11)5-13/h1-4,9,11,14H,5-7,13H2. The highest BCUT2D eigenvalue weighted by Gasteiger charge is 2.26. The maximum Gasteiger partial charge on any atom is 0.123 e. The van der Waals surface area contributed by atoms with Gasteiger partial charge in [0.15, 0.2) is 0 Å². The number of nitrogens with one attached hydrogen (secondary N) is 1. The monoisotopic (exact) mass is 194 g/mol. The molecular weight excluding hydrogens is 179 g/mol. The molecular formula is C11H15FN2. The topological polar surface area (TPSA) is 38.0 Å². The summed E-state index contributed by atoms with van der Waals surface area (Å²) in [4.78, 5) is 0. The molecule has 2 atom stereocenters. The summed E-state index contributed by atoms with van der Waals surface area (Å²) >= 11 is 0. The summed E-state index contributed by atoms with van der Waals surface area (Å²) in [5.41, 5.74) is 6.86. The second-order valence-corrected chi connectivity index (χ2v) is 3.81. The Balaban J connectivity index is 2.17. The van der Waals surface area contributed by atoms with Gasteiger partial charge in [-0.2, -0.15) is 0 Å². The predicted octanol–water partition coefficient (Wildman–Crippen LogP) is 1.09. The van der Waals surface area contributed by atoms with Crippen molar-refractivity contribution in [3.63, 3.8) is 0 Å². The lowest BCUT2D eigenvalue weighted by Crippen LogP contribution is -2.21. The first-order valence-electron chi connectivity index (χ1n) is 4.97. The first-order chi connectivity index (χ1) is 6.81. The zero-order valence-electron chi connectivity index (χ0n) is 8.04. The van der Waals surface area contributed by atoms with Crippen molar-refractivity contribution in [1.82, 2.24) is 5.32 Å². The number of hydrogen-bond donors (Lipinski definition) is 2. The lowest BCUT2D eigenvalue weighted by Gasteiger charge is -2.16. The molecule has 2 nitrogen and oxygen atoms in total. The van der Waals surface area contributed by atoms with Crippen LogP contribution in [0.3, 0.4) is 0 Å². The van der Waals surface area contributed by atoms with E-state index in [9.17, 15) is 4.39 Å². The Hall–Kier alpha value is -0.930. The molecule has 1 fully saturated rings. The average molecular weight is 194 g/mol. The molecule has 0 aromatic heterocycles. The van der Waals surface area contributed by atoms with Crippen molar-refractivity contribution in [2.24, 2.45) is 11.7 Å². The van der Waals surface area contributed by atoms with Crippen LogP contribution in [-0.4, -0.2) is 19.6 Å². The minimum absolute atomic E-state index is 0.177. The number of rotatable bonds is 2. The number of benzene rings is 1. The highest BCUT2D eigenvalue weighted by Crippen LogP contribution is 2.27. The first-order valence-corrected chi connectivity index (χ1v) is 4.97. The number of hydrogen-bond acceptors (Lipinski definition) is 2. The van der Waals surface area contributed by atoms with E-state index in [0.29, 0.717) is 18.4 Å². The van der Waals surface area contributed by atoms with Crippen molar-refractivity contribution in [2.75, 3.05) is 19.6 Å². The van der Waals surface area contributed by atoms with Crippen molar-refractivity contribution >= 4 is 0 Å². The smallest absolute Gasteiger partial charge is 0.123 e. The molecule has 3 heteroatoms. The van der Waals surface area contributed by atoms with Crippen LogP contribution in [0.25, 0.3) is 0 Å². The molecule has 0 aliphatic carbocycles. The Morgan fingerprint density at radius 2 is 2.00 bits per heavy atom. The Kier molecular flexibility index (Phi) is 2.79. The predicted molar refractivity (Wildman–Crippen MR) is 54.6 cm³/mol. The van der Waals surface area contributed by atoms with E-state index in [0.717, 1.165) is 13.1 Å². The third-order valence-electron chi connectivity index (χ3n) is 2.94. The van der Waals surface area contributed by atoms with Crippen molar-refractivity contribution in [3.05, 3.63) is 35.6 Å². The van der Waals surface area contributed by atoms with Gasteiger partial charge in [0.2, 0.25) is 0 Å². The summed E-state index contributed by atoms with van der Waals surface area (Å²) in [7, 11) is 0. The third-order valence-corrected chi connectivity index (χ3v) is 2.94. The van der Waals surface area contributed by atoms with Crippen molar-refractivity contribution < 1.29 is 4.39 Å². The Morgan fingerprint density at radius 1 is 1.29 bits per heavy atom. The molecule has 1 aromatic carbocycles. The summed E-state index contributed by atoms with van der Waals surface area (Å²) in [5.74, 6) is 0.755. The summed E-state index contributed by atoms with van der Waals surface area (Å²) in [5, 5.41) is 3.31. The van der Waals surface area contributed by atoms with Gasteiger partial charge in [-0.05, 0) is 36.7 Å². The van der Waals surface area contributed by atoms with E-state index in [2.05, 4.69) is 5.32 Å². The van der Waals surface area contributed by atoms with Gasteiger partial charge >= 0.3 is 0 Å². The van der Waals surface area contributed by atoms with E-state index < -0.39 is 0 Å². The quantitative estimate of drug-likeness (QED) is 0.739. The van der Waals surface area contributed by atoms with Gasteiger partial charge in [0.25, 0.3) is 0 Å². The molecule has 0 radical (unpaired) electrons. The molecule has 1 aromatic rings. The van der Waals surface area contributed by atoms with Crippen LogP contribution in [0.2, 0.25) is 0 Å². The van der Waals surface area contributed by atoms with Gasteiger partial charge in [-0.3, -0.25) is 0 Å². The van der Waals surface area contributed by atoms with Gasteiger partial charge in [-0.15, -0.1) is 0 Å². The molecule has 0 saturated carbocycles. The van der Waals surface area contributed by atoms with Crippen LogP contribution in [0.1, 0.15) is 11.5 Å². The summed E-state index contributed by atoms with van der Waals surface area (Å²) < 4.78 is 12.7. The van der Waals surface area contributed by atoms with E-state index in [1.807, 2.05) is 12.1 Å². The molecule has 0 bridgehead atoms. The lowest BCUT2D eigenvalue weighted by molar-refractivity contribution is 0.529. The molecule has 14 heavy (non-hydrogen) atoms. The zero-order chi connectivity index (χ0) is 9.97. The molecule has 1 aliphatic rings. The molecule has 0 spiro atoms. The normalized spacial score (nSPS) is 26.7. The van der Waals surface area contributed by atoms with Gasteiger partial charge in [0.1, 0.15) is 5.82 Å². The minimum atomic E-state index is -0.177. The molecule has 2 rings (SSSR count). The van der Waals surface area contributed by atoms with Gasteiger partial charge in [-0.25, -0.2) is 4.39 Å². The molecule has 76 valence electrons. The van der Waals surface area contributed by atoms with Crippen LogP contribution in [-0.2, 0) is 0 Å². The van der Waals surface area contributed by atoms with E-state index in [4.69, 9.17) is 5.73 Å². The SMILES string of the molecule is NCC1CNCC1c1ccc(F)cc1. The van der Waals surface area contributed by atoms with Crippen LogP contribution in [0.4, 0.5) is 4.39 Å². The Morgan fingerprint density at radius 3 is 2.64 bits per heavy atom. The summed E-state index contributed by atoms with van der Waals surface area (Å²) in [6.07, 6.45) is 0. The molecule has 0 amide bonds. The molecule has 3 N–H and O–H groups in total. The second-order valence-electron chi connectivity index (χ2n) is 3.81. The van der Waals surface area contributed by atoms with Crippen LogP contribution in [0.5, 0.6) is 0 Å². The second kappa shape index (κ2) is 4.07. The third kappa shape index (κ3) is 1.79. The van der Waals surface area contributed by atoms with Gasteiger partial charge in [0.05, 0.1) is 0 Å². The van der Waals surface area contributed by atoms with E-state index >= 15 is 0 Å². The lowest BCUT2D eigenvalue weighted by atomic mass is 9.89. The highest BCUT2D eigenvalue weighted by atomic mass is 19.1. The van der Waals surface area contributed by atoms with E-state index in [1.165, 1.54) is 17.7 Å². The van der Waals surface area contributed by atoms with Crippen LogP contribution in [0, 0.1) is 11.7 Å². The molecule has 1 saturated heterocycles. The molecule has 2 unspecified atom stereocenters. The van der Waals surface area contributed by atoms with Gasteiger partial charge < -0.3 is 11.1 Å². The fourth-order valence-electron chi connectivity index (χ4n) is 2.08. The fourth-order valence-corrected chi connectivity index (χ4v) is 2.08. The minimum Gasteiger partial charge on any atom is -0.330 e. The Bertz CT molecular complexity index is 297. The number of halogens is 1. The summed E-state index contributed by atoms with van der Waals surface area (Å²) in [6.45, 7) is 2.61. The summed E-state index contributed by atoms with van der Waals surface area (Å²) in [6, 6.07) is 6.74. The largest absolute Gasteiger partial charge is 0.330 e. The molecule has 1 aliphatic heterocycles. The van der Waals surface area contributed by atoms with E-state index in [-0.39, 0.29) is 5.82 Å². The van der Waals surface area contributed by atoms with Gasteiger partial charge in [-0.1, -0.05) is 12.1 Å². The number of nitrogens with two attached hydrogens (primary N) is 1. The van der Waals surface area contributed by atoms with Crippen LogP contribution in [0.15, 0.2) is 24.3 Å². The van der Waals surface area contributed by atoms with Crippen molar-refractivity contribution in [1.29, 1.82) is 0 Å². The first kappa shape index (κ1) is 9.62. The van der Waals surface area contributed by atoms with Gasteiger partial charge in [0, 0.05) is 12.5 Å². The molecule has 1 heterocycles. The van der Waals surface area contributed by atoms with Crippen LogP contribution < -0.4 is 11.1 Å². The highest BCUT2D eigenvalue weighted by molar-refractivity contribution is 5.23. The fraction of sp³-hybridized carbons (Fsp3) is 0.455. The van der Waals surface area contributed by atoms with E-state index in [1.54, 1.807) is 0 Å². The van der Waals surface area contributed by atoms with Crippen molar-refractivity contribution in [3.8, 4) is 0 Å².